The second-order valence-corrected chi connectivity index (χ2v) is 14.0. The van der Waals surface area contributed by atoms with E-state index < -0.39 is 0 Å². The molecule has 7 aromatic carbocycles. The lowest BCUT2D eigenvalue weighted by atomic mass is 10.1. The SMILES string of the molecule is c1ccc(-n2c3ccccc3c3c4oc5c(ccc6c5c5ccccc5n6-c5nc6c7c(cccc7n5)Sc5ccccc5-6)c4ccc32)cc1. The fourth-order valence-electron chi connectivity index (χ4n) is 8.26. The van der Waals surface area contributed by atoms with E-state index in [1.165, 1.54) is 15.2 Å². The van der Waals surface area contributed by atoms with Crippen molar-refractivity contribution >= 4 is 88.2 Å². The van der Waals surface area contributed by atoms with Crippen LogP contribution in [-0.2, 0) is 0 Å². The molecule has 1 aliphatic heterocycles. The molecule has 0 amide bonds. The molecule has 0 saturated carbocycles. The fourth-order valence-corrected chi connectivity index (χ4v) is 9.36. The molecule has 5 nitrogen and oxygen atoms in total. The van der Waals surface area contributed by atoms with Gasteiger partial charge in [-0.1, -0.05) is 90.6 Å². The summed E-state index contributed by atoms with van der Waals surface area (Å²) in [6.07, 6.45) is 0. The summed E-state index contributed by atoms with van der Waals surface area (Å²) in [6, 6.07) is 51.5. The minimum atomic E-state index is 0.654. The highest BCUT2D eigenvalue weighted by Gasteiger charge is 2.26. The van der Waals surface area contributed by atoms with E-state index in [9.17, 15) is 0 Å². The average Bonchev–Trinajstić information content (AvgIpc) is 3.83. The van der Waals surface area contributed by atoms with E-state index in [1.54, 1.807) is 11.8 Å². The molecule has 0 atom stereocenters. The van der Waals surface area contributed by atoms with Crippen LogP contribution in [0.15, 0.2) is 160 Å². The molecule has 6 heteroatoms. The van der Waals surface area contributed by atoms with Crippen LogP contribution < -0.4 is 0 Å². The van der Waals surface area contributed by atoms with Crippen molar-refractivity contribution < 1.29 is 4.42 Å². The smallest absolute Gasteiger partial charge is 0.235 e. The van der Waals surface area contributed by atoms with Crippen molar-refractivity contribution in [3.05, 3.63) is 146 Å². The van der Waals surface area contributed by atoms with Crippen LogP contribution in [0.2, 0.25) is 0 Å². The third-order valence-corrected chi connectivity index (χ3v) is 11.5. The van der Waals surface area contributed by atoms with Crippen molar-refractivity contribution in [3.8, 4) is 22.9 Å². The Kier molecular flexibility index (Phi) is 5.11. The van der Waals surface area contributed by atoms with Crippen molar-refractivity contribution in [1.29, 1.82) is 0 Å². The van der Waals surface area contributed by atoms with Gasteiger partial charge in [0.05, 0.1) is 44.0 Å². The third-order valence-electron chi connectivity index (χ3n) is 10.3. The second-order valence-electron chi connectivity index (χ2n) is 12.9. The summed E-state index contributed by atoms with van der Waals surface area (Å²) in [5, 5.41) is 7.78. The van der Waals surface area contributed by atoms with Gasteiger partial charge in [0.2, 0.25) is 5.95 Å². The number of fused-ring (bicyclic) bond motifs is 13. The number of furan rings is 1. The Balaban J connectivity index is 1.19. The molecule has 0 bridgehead atoms. The molecule has 0 unspecified atom stereocenters. The minimum Gasteiger partial charge on any atom is -0.455 e. The number of hydrogen-bond acceptors (Lipinski definition) is 4. The maximum atomic E-state index is 7.11. The Morgan fingerprint density at radius 3 is 1.82 bits per heavy atom. The van der Waals surface area contributed by atoms with Gasteiger partial charge in [-0.3, -0.25) is 4.57 Å². The fraction of sp³-hybridized carbons (Fsp3) is 0. The lowest BCUT2D eigenvalue weighted by molar-refractivity contribution is 0.677. The second kappa shape index (κ2) is 9.62. The number of hydrogen-bond donors (Lipinski definition) is 0. The van der Waals surface area contributed by atoms with Crippen LogP contribution in [0.3, 0.4) is 0 Å². The number of rotatable bonds is 2. The molecule has 5 heterocycles. The predicted octanol–water partition coefficient (Wildman–Crippen LogP) is 11.9. The van der Waals surface area contributed by atoms with Gasteiger partial charge in [0.1, 0.15) is 11.2 Å². The Morgan fingerprint density at radius 1 is 0.440 bits per heavy atom. The number of benzene rings is 7. The van der Waals surface area contributed by atoms with E-state index in [2.05, 4.69) is 155 Å². The summed E-state index contributed by atoms with van der Waals surface area (Å²) >= 11 is 1.79. The third kappa shape index (κ3) is 3.38. The van der Waals surface area contributed by atoms with Crippen molar-refractivity contribution in [1.82, 2.24) is 19.1 Å². The summed E-state index contributed by atoms with van der Waals surface area (Å²) in [5.74, 6) is 0.654. The Morgan fingerprint density at radius 2 is 1.06 bits per heavy atom. The molecule has 1 aliphatic rings. The van der Waals surface area contributed by atoms with E-state index in [1.807, 2.05) is 0 Å². The zero-order valence-electron chi connectivity index (χ0n) is 26.5. The van der Waals surface area contributed by atoms with E-state index in [4.69, 9.17) is 14.4 Å². The van der Waals surface area contributed by atoms with Gasteiger partial charge < -0.3 is 8.98 Å². The van der Waals surface area contributed by atoms with Gasteiger partial charge in [-0.2, -0.15) is 0 Å². The lowest BCUT2D eigenvalue weighted by Crippen LogP contribution is -2.05. The van der Waals surface area contributed by atoms with Gasteiger partial charge in [-0.25, -0.2) is 9.97 Å². The first-order valence-electron chi connectivity index (χ1n) is 16.8. The molecule has 12 rings (SSSR count). The Labute approximate surface area is 289 Å². The summed E-state index contributed by atoms with van der Waals surface area (Å²) in [6.45, 7) is 0. The van der Waals surface area contributed by atoms with Crippen molar-refractivity contribution in [2.45, 2.75) is 9.79 Å². The molecular weight excluding hydrogens is 633 g/mol. The van der Waals surface area contributed by atoms with E-state index in [0.29, 0.717) is 5.95 Å². The van der Waals surface area contributed by atoms with E-state index in [0.717, 1.165) is 88.0 Å². The first-order valence-corrected chi connectivity index (χ1v) is 17.6. The highest BCUT2D eigenvalue weighted by atomic mass is 32.2. The maximum Gasteiger partial charge on any atom is 0.235 e. The average molecular weight is 657 g/mol. The van der Waals surface area contributed by atoms with Gasteiger partial charge in [-0.15, -0.1) is 0 Å². The molecule has 11 aromatic rings. The van der Waals surface area contributed by atoms with Crippen LogP contribution in [0.5, 0.6) is 0 Å². The first-order chi connectivity index (χ1) is 24.8. The van der Waals surface area contributed by atoms with Crippen molar-refractivity contribution in [2.75, 3.05) is 0 Å². The molecule has 0 spiro atoms. The van der Waals surface area contributed by atoms with E-state index in [-0.39, 0.29) is 0 Å². The van der Waals surface area contributed by atoms with Gasteiger partial charge in [0, 0.05) is 48.0 Å². The maximum absolute atomic E-state index is 7.11. The lowest BCUT2D eigenvalue weighted by Gasteiger charge is -2.20. The first kappa shape index (κ1) is 26.6. The number of nitrogens with zero attached hydrogens (tertiary/aromatic N) is 4. The molecule has 0 aliphatic carbocycles. The Bertz CT molecular complexity index is 3240. The van der Waals surface area contributed by atoms with E-state index >= 15 is 0 Å². The zero-order valence-corrected chi connectivity index (χ0v) is 27.3. The van der Waals surface area contributed by atoms with Crippen LogP contribution in [0, 0.1) is 0 Å². The topological polar surface area (TPSA) is 48.8 Å². The molecular formula is C44H24N4OS. The van der Waals surface area contributed by atoms with Crippen molar-refractivity contribution in [3.63, 3.8) is 0 Å². The quantitative estimate of drug-likeness (QED) is 0.186. The highest BCUT2D eigenvalue weighted by Crippen LogP contribution is 2.48. The molecule has 0 saturated heterocycles. The van der Waals surface area contributed by atoms with Gasteiger partial charge in [-0.05, 0) is 66.7 Å². The highest BCUT2D eigenvalue weighted by molar-refractivity contribution is 7.99. The zero-order chi connectivity index (χ0) is 32.5. The summed E-state index contributed by atoms with van der Waals surface area (Å²) in [5.41, 5.74) is 10.3. The molecule has 0 radical (unpaired) electrons. The largest absolute Gasteiger partial charge is 0.455 e. The van der Waals surface area contributed by atoms with Crippen LogP contribution in [0.25, 0.3) is 99.3 Å². The number of para-hydroxylation sites is 3. The minimum absolute atomic E-state index is 0.654. The van der Waals surface area contributed by atoms with Crippen LogP contribution in [-0.4, -0.2) is 19.1 Å². The molecule has 4 aromatic heterocycles. The van der Waals surface area contributed by atoms with Gasteiger partial charge in [0.15, 0.2) is 0 Å². The van der Waals surface area contributed by atoms with Crippen molar-refractivity contribution in [2.24, 2.45) is 0 Å². The molecule has 232 valence electrons. The van der Waals surface area contributed by atoms with Crippen LogP contribution in [0.1, 0.15) is 0 Å². The standard InChI is InChI=1S/C44H24N4OS/c1-2-11-25(12-3-1)47-32-17-7-4-13-28(32)38-34(47)23-21-26-27-22-24-35-39(43(27)49-42(26)38)29-14-5-8-18-33(29)48(35)44-45-31-16-10-20-37-40(31)41(46-44)30-15-6-9-19-36(30)50-37/h1-24H. The molecule has 0 fully saturated rings. The summed E-state index contributed by atoms with van der Waals surface area (Å²) in [4.78, 5) is 13.0. The van der Waals surface area contributed by atoms with Gasteiger partial charge in [0.25, 0.3) is 0 Å². The molecule has 50 heavy (non-hydrogen) atoms. The number of aromatic nitrogens is 4. The van der Waals surface area contributed by atoms with Gasteiger partial charge >= 0.3 is 0 Å². The normalized spacial score (nSPS) is 12.7. The Hall–Kier alpha value is -6.37. The monoisotopic (exact) mass is 656 g/mol. The van der Waals surface area contributed by atoms with Crippen LogP contribution >= 0.6 is 11.8 Å². The van der Waals surface area contributed by atoms with Crippen LogP contribution in [0.4, 0.5) is 0 Å². The molecule has 0 N–H and O–H groups in total. The summed E-state index contributed by atoms with van der Waals surface area (Å²) < 4.78 is 11.7. The predicted molar refractivity (Wildman–Crippen MR) is 205 cm³/mol. The summed E-state index contributed by atoms with van der Waals surface area (Å²) in [7, 11) is 0.